The van der Waals surface area contributed by atoms with Gasteiger partial charge in [-0.25, -0.2) is 0 Å². The highest BCUT2D eigenvalue weighted by Crippen LogP contribution is 2.44. The molecule has 2 aromatic carbocycles. The summed E-state index contributed by atoms with van der Waals surface area (Å²) in [5.74, 6) is 0.171. The number of aryl methyl sites for hydroxylation is 1. The number of ether oxygens (including phenoxy) is 1. The lowest BCUT2D eigenvalue weighted by molar-refractivity contribution is 0.122. The molecule has 4 aromatic rings. The summed E-state index contributed by atoms with van der Waals surface area (Å²) in [5.41, 5.74) is 6.81. The quantitative estimate of drug-likeness (QED) is 0.297. The Balaban J connectivity index is 1.45. The molecule has 0 radical (unpaired) electrons. The first-order valence-electron chi connectivity index (χ1n) is 13.0. The molecule has 9 heteroatoms. The van der Waals surface area contributed by atoms with Gasteiger partial charge < -0.3 is 29.5 Å². The van der Waals surface area contributed by atoms with Crippen molar-refractivity contribution in [1.29, 1.82) is 0 Å². The topological polar surface area (TPSA) is 65.8 Å². The normalized spacial score (nSPS) is 19.4. The van der Waals surface area contributed by atoms with Crippen molar-refractivity contribution in [2.24, 2.45) is 0 Å². The van der Waals surface area contributed by atoms with E-state index in [4.69, 9.17) is 28.6 Å². The number of thiocarbonyl (C=S) groups is 1. The number of rotatable bonds is 5. The number of morpholine rings is 1. The fourth-order valence-electron chi connectivity index (χ4n) is 5.73. The zero-order valence-corrected chi connectivity index (χ0v) is 23.4. The van der Waals surface area contributed by atoms with Crippen LogP contribution in [0.2, 0.25) is 5.02 Å². The maximum atomic E-state index is 10.7. The minimum Gasteiger partial charge on any atom is -0.506 e. The maximum absolute atomic E-state index is 10.7. The molecule has 2 saturated heterocycles. The highest BCUT2D eigenvalue weighted by molar-refractivity contribution is 7.80. The van der Waals surface area contributed by atoms with Crippen molar-refractivity contribution in [3.63, 3.8) is 0 Å². The van der Waals surface area contributed by atoms with Crippen molar-refractivity contribution in [1.82, 2.24) is 14.9 Å². The van der Waals surface area contributed by atoms with Crippen molar-refractivity contribution < 1.29 is 9.84 Å². The largest absolute Gasteiger partial charge is 0.506 e. The summed E-state index contributed by atoms with van der Waals surface area (Å²) >= 11 is 12.3. The first-order valence-corrected chi connectivity index (χ1v) is 13.8. The number of aromatic nitrogens is 2. The maximum Gasteiger partial charge on any atom is 0.174 e. The van der Waals surface area contributed by atoms with Crippen LogP contribution >= 0.6 is 23.8 Å². The zero-order valence-electron chi connectivity index (χ0n) is 21.8. The van der Waals surface area contributed by atoms with Gasteiger partial charge >= 0.3 is 0 Å². The Hall–Kier alpha value is -3.59. The average molecular weight is 560 g/mol. The number of anilines is 2. The lowest BCUT2D eigenvalue weighted by atomic mass is 9.96. The van der Waals surface area contributed by atoms with E-state index in [-0.39, 0.29) is 17.8 Å². The summed E-state index contributed by atoms with van der Waals surface area (Å²) in [6, 6.07) is 21.5. The number of hydrogen-bond donors (Lipinski definition) is 2. The van der Waals surface area contributed by atoms with Gasteiger partial charge in [-0.05, 0) is 92.3 Å². The SMILES string of the molecule is Cc1cc([C@@H]2[C@H](c3ccccn3)NC(=S)N2c2ccc(N3CCOCC3)cc2)c(C)n1-c1cc(Cl)ccc1O. The molecule has 0 amide bonds. The van der Waals surface area contributed by atoms with Crippen LogP contribution in [0.15, 0.2) is 72.9 Å². The number of aromatic hydroxyl groups is 1. The van der Waals surface area contributed by atoms with Crippen molar-refractivity contribution in [2.75, 3.05) is 36.1 Å². The van der Waals surface area contributed by atoms with E-state index in [1.165, 1.54) is 5.69 Å². The Morgan fingerprint density at radius 1 is 1.00 bits per heavy atom. The lowest BCUT2D eigenvalue weighted by Gasteiger charge is -2.31. The number of nitrogens with one attached hydrogen (secondary N) is 1. The van der Waals surface area contributed by atoms with Crippen molar-refractivity contribution in [2.45, 2.75) is 25.9 Å². The Morgan fingerprint density at radius 3 is 2.46 bits per heavy atom. The van der Waals surface area contributed by atoms with E-state index in [1.807, 2.05) is 35.9 Å². The molecule has 2 atom stereocenters. The zero-order chi connectivity index (χ0) is 27.1. The standard InChI is InChI=1S/C30H30ClN5O2S/c1-19-17-24(20(2)35(19)26-18-21(31)6-11-27(26)37)29-28(25-5-3-4-12-32-25)33-30(39)36(29)23-9-7-22(8-10-23)34-13-15-38-16-14-34/h3-12,17-18,28-29,37H,13-16H2,1-2H3,(H,33,39)/t28-,29+/m0/s1. The third-order valence-electron chi connectivity index (χ3n) is 7.57. The Morgan fingerprint density at radius 2 is 1.74 bits per heavy atom. The Labute approximate surface area is 238 Å². The number of benzene rings is 2. The molecule has 2 aliphatic heterocycles. The predicted molar refractivity (Wildman–Crippen MR) is 159 cm³/mol. The molecular formula is C30H30ClN5O2S. The molecule has 0 aliphatic carbocycles. The Kier molecular flexibility index (Phi) is 6.93. The minimum atomic E-state index is -0.167. The van der Waals surface area contributed by atoms with Gasteiger partial charge in [-0.15, -0.1) is 0 Å². The van der Waals surface area contributed by atoms with Crippen LogP contribution in [0.1, 0.15) is 34.7 Å². The van der Waals surface area contributed by atoms with Crippen LogP contribution in [0.25, 0.3) is 5.69 Å². The number of halogens is 1. The molecule has 200 valence electrons. The second-order valence-electron chi connectivity index (χ2n) is 9.91. The minimum absolute atomic E-state index is 0.164. The highest BCUT2D eigenvalue weighted by Gasteiger charge is 2.42. The van der Waals surface area contributed by atoms with Crippen LogP contribution in [-0.2, 0) is 4.74 Å². The van der Waals surface area contributed by atoms with Gasteiger partial charge in [0.05, 0.1) is 36.7 Å². The number of phenolic OH excluding ortho intramolecular Hbond substituents is 1. The molecule has 2 N–H and O–H groups in total. The van der Waals surface area contributed by atoms with Crippen LogP contribution in [-0.4, -0.2) is 46.1 Å². The summed E-state index contributed by atoms with van der Waals surface area (Å²) in [7, 11) is 0. The molecular weight excluding hydrogens is 530 g/mol. The molecule has 0 saturated carbocycles. The first-order chi connectivity index (χ1) is 18.9. The molecule has 0 spiro atoms. The van der Waals surface area contributed by atoms with E-state index in [0.29, 0.717) is 15.8 Å². The molecule has 2 aromatic heterocycles. The summed E-state index contributed by atoms with van der Waals surface area (Å²) in [5, 5.41) is 15.5. The van der Waals surface area contributed by atoms with Gasteiger partial charge in [0, 0.05) is 47.1 Å². The molecule has 0 bridgehead atoms. The second kappa shape index (κ2) is 10.5. The molecule has 2 aliphatic rings. The molecule has 0 unspecified atom stereocenters. The summed E-state index contributed by atoms with van der Waals surface area (Å²) < 4.78 is 7.57. The third kappa shape index (κ3) is 4.73. The van der Waals surface area contributed by atoms with Gasteiger partial charge in [0.2, 0.25) is 0 Å². The van der Waals surface area contributed by atoms with E-state index in [2.05, 4.69) is 57.4 Å². The van der Waals surface area contributed by atoms with Crippen LogP contribution in [0.5, 0.6) is 5.75 Å². The van der Waals surface area contributed by atoms with Crippen molar-refractivity contribution in [3.8, 4) is 11.4 Å². The smallest absolute Gasteiger partial charge is 0.174 e. The number of phenols is 1. The summed E-state index contributed by atoms with van der Waals surface area (Å²) in [4.78, 5) is 9.21. The number of hydrogen-bond acceptors (Lipinski definition) is 5. The van der Waals surface area contributed by atoms with E-state index in [1.54, 1.807) is 18.2 Å². The van der Waals surface area contributed by atoms with Gasteiger partial charge in [-0.2, -0.15) is 0 Å². The number of pyridine rings is 1. The molecule has 4 heterocycles. The Bertz CT molecular complexity index is 1500. The van der Waals surface area contributed by atoms with Gasteiger partial charge in [-0.1, -0.05) is 17.7 Å². The lowest BCUT2D eigenvalue weighted by Crippen LogP contribution is -2.36. The van der Waals surface area contributed by atoms with Crippen LogP contribution in [0, 0.1) is 13.8 Å². The van der Waals surface area contributed by atoms with Gasteiger partial charge in [0.25, 0.3) is 0 Å². The summed E-state index contributed by atoms with van der Waals surface area (Å²) in [6.45, 7) is 7.36. The number of nitrogens with zero attached hydrogens (tertiary/aromatic N) is 4. The summed E-state index contributed by atoms with van der Waals surface area (Å²) in [6.07, 6.45) is 1.81. The van der Waals surface area contributed by atoms with Gasteiger partial charge in [-0.3, -0.25) is 4.98 Å². The van der Waals surface area contributed by atoms with E-state index in [0.717, 1.165) is 54.6 Å². The third-order valence-corrected chi connectivity index (χ3v) is 8.12. The fourth-order valence-corrected chi connectivity index (χ4v) is 6.24. The highest BCUT2D eigenvalue weighted by atomic mass is 35.5. The molecule has 2 fully saturated rings. The van der Waals surface area contributed by atoms with Gasteiger partial charge in [0.15, 0.2) is 5.11 Å². The van der Waals surface area contributed by atoms with E-state index >= 15 is 0 Å². The average Bonchev–Trinajstić information content (AvgIpc) is 3.45. The van der Waals surface area contributed by atoms with E-state index < -0.39 is 0 Å². The van der Waals surface area contributed by atoms with Gasteiger partial charge in [0.1, 0.15) is 5.75 Å². The molecule has 39 heavy (non-hydrogen) atoms. The molecule has 7 nitrogen and oxygen atoms in total. The molecule has 6 rings (SSSR count). The van der Waals surface area contributed by atoms with Crippen molar-refractivity contribution >= 4 is 40.3 Å². The van der Waals surface area contributed by atoms with Crippen LogP contribution in [0.3, 0.4) is 0 Å². The monoisotopic (exact) mass is 559 g/mol. The second-order valence-corrected chi connectivity index (χ2v) is 10.7. The van der Waals surface area contributed by atoms with Crippen LogP contribution < -0.4 is 15.1 Å². The predicted octanol–water partition coefficient (Wildman–Crippen LogP) is 5.86. The van der Waals surface area contributed by atoms with E-state index in [9.17, 15) is 5.11 Å². The fraction of sp³-hybridized carbons (Fsp3) is 0.267. The van der Waals surface area contributed by atoms with Crippen molar-refractivity contribution in [3.05, 3.63) is 101 Å². The first kappa shape index (κ1) is 25.7. The van der Waals surface area contributed by atoms with Crippen LogP contribution in [0.4, 0.5) is 11.4 Å².